The second-order valence-electron chi connectivity index (χ2n) is 5.86. The molecular weight excluding hydrogens is 250 g/mol. The first-order valence-electron chi connectivity index (χ1n) is 7.58. The van der Waals surface area contributed by atoms with Gasteiger partial charge < -0.3 is 10.6 Å². The first-order valence-corrected chi connectivity index (χ1v) is 7.58. The lowest BCUT2D eigenvalue weighted by Crippen LogP contribution is -2.46. The molecule has 0 unspecified atom stereocenters. The smallest absolute Gasteiger partial charge is 0.224 e. The van der Waals surface area contributed by atoms with Crippen LogP contribution in [0.4, 0.5) is 0 Å². The van der Waals surface area contributed by atoms with E-state index in [-0.39, 0.29) is 11.4 Å². The van der Waals surface area contributed by atoms with Crippen molar-refractivity contribution in [3.63, 3.8) is 0 Å². The van der Waals surface area contributed by atoms with Gasteiger partial charge in [0.1, 0.15) is 0 Å². The van der Waals surface area contributed by atoms with Crippen molar-refractivity contribution in [3.05, 3.63) is 30.1 Å². The van der Waals surface area contributed by atoms with Gasteiger partial charge in [0, 0.05) is 37.4 Å². The lowest BCUT2D eigenvalue weighted by molar-refractivity contribution is -0.133. The standard InChI is InChI=1S/C16H25N3O/c1-2-19(13-14-6-10-18-11-7-14)15(20)12-16(17)8-4-3-5-9-16/h6-7,10-11H,2-5,8-9,12-13,17H2,1H3. The van der Waals surface area contributed by atoms with E-state index in [2.05, 4.69) is 4.98 Å². The zero-order chi connectivity index (χ0) is 14.4. The predicted molar refractivity (Wildman–Crippen MR) is 79.9 cm³/mol. The maximum atomic E-state index is 12.5. The molecular formula is C16H25N3O. The van der Waals surface area contributed by atoms with Crippen LogP contribution in [0, 0.1) is 0 Å². The van der Waals surface area contributed by atoms with Crippen LogP contribution in [-0.2, 0) is 11.3 Å². The third-order valence-electron chi connectivity index (χ3n) is 4.21. The van der Waals surface area contributed by atoms with E-state index in [0.29, 0.717) is 13.0 Å². The Kier molecular flexibility index (Phi) is 5.12. The summed E-state index contributed by atoms with van der Waals surface area (Å²) in [7, 11) is 0. The van der Waals surface area contributed by atoms with Gasteiger partial charge in [0.2, 0.25) is 5.91 Å². The summed E-state index contributed by atoms with van der Waals surface area (Å²) in [6.45, 7) is 3.38. The molecule has 1 aliphatic carbocycles. The summed E-state index contributed by atoms with van der Waals surface area (Å²) in [5, 5.41) is 0. The monoisotopic (exact) mass is 275 g/mol. The Labute approximate surface area is 121 Å². The molecule has 0 radical (unpaired) electrons. The minimum absolute atomic E-state index is 0.175. The Bertz CT molecular complexity index is 427. The fourth-order valence-electron chi connectivity index (χ4n) is 2.93. The van der Waals surface area contributed by atoms with Crippen LogP contribution in [0.3, 0.4) is 0 Å². The molecule has 0 bridgehead atoms. The van der Waals surface area contributed by atoms with Crippen LogP contribution < -0.4 is 5.73 Å². The number of hydrogen-bond donors (Lipinski definition) is 1. The molecule has 0 aromatic carbocycles. The summed E-state index contributed by atoms with van der Waals surface area (Å²) in [5.74, 6) is 0.175. The molecule has 1 heterocycles. The minimum Gasteiger partial charge on any atom is -0.339 e. The van der Waals surface area contributed by atoms with Crippen molar-refractivity contribution in [1.82, 2.24) is 9.88 Å². The number of amides is 1. The van der Waals surface area contributed by atoms with Gasteiger partial charge >= 0.3 is 0 Å². The first-order chi connectivity index (χ1) is 9.63. The number of hydrogen-bond acceptors (Lipinski definition) is 3. The van der Waals surface area contributed by atoms with Crippen LogP contribution in [-0.4, -0.2) is 27.9 Å². The molecule has 4 nitrogen and oxygen atoms in total. The highest BCUT2D eigenvalue weighted by Gasteiger charge is 2.31. The number of carbonyl (C=O) groups is 1. The number of carbonyl (C=O) groups excluding carboxylic acids is 1. The second-order valence-corrected chi connectivity index (χ2v) is 5.86. The van der Waals surface area contributed by atoms with Crippen molar-refractivity contribution in [2.45, 2.75) is 57.5 Å². The highest BCUT2D eigenvalue weighted by Crippen LogP contribution is 2.29. The van der Waals surface area contributed by atoms with E-state index < -0.39 is 0 Å². The molecule has 2 rings (SSSR count). The Balaban J connectivity index is 1.95. The molecule has 1 fully saturated rings. The van der Waals surface area contributed by atoms with Crippen molar-refractivity contribution in [2.75, 3.05) is 6.54 Å². The minimum atomic E-state index is -0.277. The van der Waals surface area contributed by atoms with Gasteiger partial charge in [-0.15, -0.1) is 0 Å². The third kappa shape index (κ3) is 4.04. The van der Waals surface area contributed by atoms with E-state index in [4.69, 9.17) is 5.73 Å². The molecule has 1 amide bonds. The van der Waals surface area contributed by atoms with Crippen LogP contribution in [0.15, 0.2) is 24.5 Å². The zero-order valence-corrected chi connectivity index (χ0v) is 12.3. The number of nitrogens with zero attached hydrogens (tertiary/aromatic N) is 2. The van der Waals surface area contributed by atoms with Gasteiger partial charge in [-0.2, -0.15) is 0 Å². The van der Waals surface area contributed by atoms with Crippen LogP contribution >= 0.6 is 0 Å². The number of pyridine rings is 1. The topological polar surface area (TPSA) is 59.2 Å². The van der Waals surface area contributed by atoms with Crippen molar-refractivity contribution < 1.29 is 4.79 Å². The van der Waals surface area contributed by atoms with Crippen LogP contribution in [0.2, 0.25) is 0 Å². The predicted octanol–water partition coefficient (Wildman–Crippen LogP) is 2.48. The molecule has 0 saturated heterocycles. The van der Waals surface area contributed by atoms with E-state index >= 15 is 0 Å². The normalized spacial score (nSPS) is 17.7. The fourth-order valence-corrected chi connectivity index (χ4v) is 2.93. The molecule has 0 aliphatic heterocycles. The Hall–Kier alpha value is -1.42. The van der Waals surface area contributed by atoms with Crippen LogP contribution in [0.25, 0.3) is 0 Å². The summed E-state index contributed by atoms with van der Waals surface area (Å²) < 4.78 is 0. The zero-order valence-electron chi connectivity index (χ0n) is 12.3. The van der Waals surface area contributed by atoms with Gasteiger partial charge in [-0.3, -0.25) is 9.78 Å². The average molecular weight is 275 g/mol. The van der Waals surface area contributed by atoms with Crippen molar-refractivity contribution >= 4 is 5.91 Å². The lowest BCUT2D eigenvalue weighted by atomic mass is 9.80. The molecule has 0 atom stereocenters. The highest BCUT2D eigenvalue weighted by atomic mass is 16.2. The van der Waals surface area contributed by atoms with Gasteiger partial charge in [0.25, 0.3) is 0 Å². The summed E-state index contributed by atoms with van der Waals surface area (Å²) in [6.07, 6.45) is 9.52. The molecule has 1 aliphatic rings. The molecule has 1 aromatic heterocycles. The van der Waals surface area contributed by atoms with Gasteiger partial charge in [0.05, 0.1) is 0 Å². The summed E-state index contributed by atoms with van der Waals surface area (Å²) in [6, 6.07) is 3.91. The summed E-state index contributed by atoms with van der Waals surface area (Å²) in [5.41, 5.74) is 7.23. The molecule has 4 heteroatoms. The van der Waals surface area contributed by atoms with Crippen molar-refractivity contribution in [2.24, 2.45) is 5.73 Å². The van der Waals surface area contributed by atoms with E-state index in [9.17, 15) is 4.79 Å². The number of aromatic nitrogens is 1. The lowest BCUT2D eigenvalue weighted by Gasteiger charge is -2.34. The molecule has 1 aromatic rings. The number of rotatable bonds is 5. The van der Waals surface area contributed by atoms with Crippen molar-refractivity contribution in [3.8, 4) is 0 Å². The summed E-state index contributed by atoms with van der Waals surface area (Å²) in [4.78, 5) is 18.4. The molecule has 110 valence electrons. The third-order valence-corrected chi connectivity index (χ3v) is 4.21. The molecule has 20 heavy (non-hydrogen) atoms. The summed E-state index contributed by atoms with van der Waals surface area (Å²) >= 11 is 0. The van der Waals surface area contributed by atoms with Crippen molar-refractivity contribution in [1.29, 1.82) is 0 Å². The fraction of sp³-hybridized carbons (Fsp3) is 0.625. The van der Waals surface area contributed by atoms with E-state index in [0.717, 1.165) is 37.8 Å². The maximum Gasteiger partial charge on any atom is 0.224 e. The van der Waals surface area contributed by atoms with Gasteiger partial charge in [-0.05, 0) is 37.5 Å². The average Bonchev–Trinajstić information content (AvgIpc) is 2.46. The molecule has 2 N–H and O–H groups in total. The van der Waals surface area contributed by atoms with E-state index in [1.54, 1.807) is 12.4 Å². The largest absolute Gasteiger partial charge is 0.339 e. The van der Waals surface area contributed by atoms with Crippen LogP contribution in [0.5, 0.6) is 0 Å². The number of nitrogens with two attached hydrogens (primary N) is 1. The SMILES string of the molecule is CCN(Cc1ccncc1)C(=O)CC1(N)CCCCC1. The molecule has 0 spiro atoms. The highest BCUT2D eigenvalue weighted by molar-refractivity contribution is 5.77. The Morgan fingerprint density at radius 1 is 1.30 bits per heavy atom. The van der Waals surface area contributed by atoms with Gasteiger partial charge in [-0.1, -0.05) is 19.3 Å². The maximum absolute atomic E-state index is 12.5. The van der Waals surface area contributed by atoms with Crippen LogP contribution in [0.1, 0.15) is 51.0 Å². The van der Waals surface area contributed by atoms with E-state index in [1.165, 1.54) is 6.42 Å². The first kappa shape index (κ1) is 15.0. The molecule has 1 saturated carbocycles. The quantitative estimate of drug-likeness (QED) is 0.898. The second kappa shape index (κ2) is 6.84. The van der Waals surface area contributed by atoms with Gasteiger partial charge in [-0.25, -0.2) is 0 Å². The van der Waals surface area contributed by atoms with E-state index in [1.807, 2.05) is 24.0 Å². The Morgan fingerprint density at radius 3 is 2.55 bits per heavy atom. The van der Waals surface area contributed by atoms with Gasteiger partial charge in [0.15, 0.2) is 0 Å². The Morgan fingerprint density at radius 2 is 1.95 bits per heavy atom.